The van der Waals surface area contributed by atoms with Crippen molar-refractivity contribution < 1.29 is 13.9 Å². The Kier molecular flexibility index (Phi) is 4.72. The third-order valence-corrected chi connectivity index (χ3v) is 4.22. The van der Waals surface area contributed by atoms with E-state index in [1.165, 1.54) is 17.7 Å². The molecule has 2 aromatic carbocycles. The van der Waals surface area contributed by atoms with Gasteiger partial charge in [0.2, 0.25) is 5.91 Å². The molecular weight excluding hydrogens is 293 g/mol. The van der Waals surface area contributed by atoms with E-state index in [0.717, 1.165) is 11.1 Å². The second-order valence-electron chi connectivity index (χ2n) is 5.86. The molecule has 0 radical (unpaired) electrons. The highest BCUT2D eigenvalue weighted by Gasteiger charge is 2.26. The molecule has 23 heavy (non-hydrogen) atoms. The van der Waals surface area contributed by atoms with Gasteiger partial charge in [-0.25, -0.2) is 4.39 Å². The van der Waals surface area contributed by atoms with E-state index < -0.39 is 0 Å². The average Bonchev–Trinajstić information content (AvgIpc) is 2.57. The number of hydrogen-bond donors (Lipinski definition) is 0. The summed E-state index contributed by atoms with van der Waals surface area (Å²) in [5.41, 5.74) is 3.13. The van der Waals surface area contributed by atoms with Crippen molar-refractivity contribution in [2.45, 2.75) is 19.4 Å². The van der Waals surface area contributed by atoms with Gasteiger partial charge in [-0.3, -0.25) is 4.79 Å². The highest BCUT2D eigenvalue weighted by atomic mass is 19.1. The Hall–Kier alpha value is -2.20. The number of ether oxygens (including phenoxy) is 1. The Morgan fingerprint density at radius 3 is 2.70 bits per heavy atom. The number of halogens is 1. The summed E-state index contributed by atoms with van der Waals surface area (Å²) in [5, 5.41) is 0. The van der Waals surface area contributed by atoms with Crippen molar-refractivity contribution in [1.82, 2.24) is 4.90 Å². The first kappa shape index (κ1) is 15.7. The second kappa shape index (κ2) is 6.92. The fourth-order valence-corrected chi connectivity index (χ4v) is 2.90. The fraction of sp³-hybridized carbons (Fsp3) is 0.316. The molecule has 1 amide bonds. The molecule has 0 aromatic heterocycles. The zero-order valence-electron chi connectivity index (χ0n) is 13.2. The number of aryl methyl sites for hydroxylation is 1. The predicted molar refractivity (Wildman–Crippen MR) is 86.6 cm³/mol. The molecule has 120 valence electrons. The van der Waals surface area contributed by atoms with Crippen molar-refractivity contribution in [3.8, 4) is 0 Å². The van der Waals surface area contributed by atoms with Gasteiger partial charge in [-0.2, -0.15) is 0 Å². The van der Waals surface area contributed by atoms with Gasteiger partial charge in [-0.05, 0) is 35.7 Å². The summed E-state index contributed by atoms with van der Waals surface area (Å²) < 4.78 is 18.8. The number of nitrogens with zero attached hydrogens (tertiary/aromatic N) is 1. The lowest BCUT2D eigenvalue weighted by atomic mass is 10.0. The molecule has 1 fully saturated rings. The lowest BCUT2D eigenvalue weighted by Gasteiger charge is -2.34. The highest BCUT2D eigenvalue weighted by molar-refractivity contribution is 5.79. The zero-order chi connectivity index (χ0) is 16.2. The van der Waals surface area contributed by atoms with Crippen LogP contribution in [0.4, 0.5) is 4.39 Å². The number of morpholine rings is 1. The van der Waals surface area contributed by atoms with Crippen LogP contribution in [-0.2, 0) is 16.0 Å². The van der Waals surface area contributed by atoms with Gasteiger partial charge in [0.1, 0.15) is 11.9 Å². The first-order valence-corrected chi connectivity index (χ1v) is 7.83. The Morgan fingerprint density at radius 1 is 1.22 bits per heavy atom. The molecule has 3 nitrogen and oxygen atoms in total. The van der Waals surface area contributed by atoms with E-state index in [9.17, 15) is 9.18 Å². The standard InChI is InChI=1S/C19H20FNO2/c1-14-4-2-3-5-17(14)18-13-21(10-11-23-18)19(22)12-15-6-8-16(20)9-7-15/h2-9,18H,10-13H2,1H3. The van der Waals surface area contributed by atoms with Gasteiger partial charge >= 0.3 is 0 Å². The van der Waals surface area contributed by atoms with Crippen LogP contribution < -0.4 is 0 Å². The smallest absolute Gasteiger partial charge is 0.227 e. The van der Waals surface area contributed by atoms with Gasteiger partial charge in [0, 0.05) is 6.54 Å². The van der Waals surface area contributed by atoms with Crippen molar-refractivity contribution in [2.75, 3.05) is 19.7 Å². The number of benzene rings is 2. The second-order valence-corrected chi connectivity index (χ2v) is 5.86. The van der Waals surface area contributed by atoms with Crippen LogP contribution in [0.5, 0.6) is 0 Å². The van der Waals surface area contributed by atoms with E-state index in [2.05, 4.69) is 13.0 Å². The fourth-order valence-electron chi connectivity index (χ4n) is 2.90. The Balaban J connectivity index is 1.67. The van der Waals surface area contributed by atoms with E-state index >= 15 is 0 Å². The quantitative estimate of drug-likeness (QED) is 0.870. The van der Waals surface area contributed by atoms with E-state index in [0.29, 0.717) is 26.1 Å². The number of carbonyl (C=O) groups is 1. The third kappa shape index (κ3) is 3.77. The molecule has 0 N–H and O–H groups in total. The summed E-state index contributed by atoms with van der Waals surface area (Å²) in [6.45, 7) is 3.75. The minimum Gasteiger partial charge on any atom is -0.370 e. The van der Waals surface area contributed by atoms with Crippen LogP contribution in [-0.4, -0.2) is 30.5 Å². The van der Waals surface area contributed by atoms with Gasteiger partial charge in [0.05, 0.1) is 19.6 Å². The van der Waals surface area contributed by atoms with Crippen molar-refractivity contribution in [3.05, 3.63) is 71.0 Å². The van der Waals surface area contributed by atoms with Gasteiger partial charge in [-0.1, -0.05) is 36.4 Å². The maximum Gasteiger partial charge on any atom is 0.227 e. The molecule has 0 aliphatic carbocycles. The molecule has 1 atom stereocenters. The molecule has 1 aliphatic heterocycles. The summed E-state index contributed by atoms with van der Waals surface area (Å²) in [7, 11) is 0. The molecular formula is C19H20FNO2. The number of hydrogen-bond acceptors (Lipinski definition) is 2. The van der Waals surface area contributed by atoms with Crippen LogP contribution in [0.1, 0.15) is 22.8 Å². The lowest BCUT2D eigenvalue weighted by Crippen LogP contribution is -2.43. The monoisotopic (exact) mass is 313 g/mol. The molecule has 3 rings (SSSR count). The van der Waals surface area contributed by atoms with Crippen molar-refractivity contribution in [2.24, 2.45) is 0 Å². The van der Waals surface area contributed by atoms with Crippen LogP contribution in [0.25, 0.3) is 0 Å². The number of amides is 1. The molecule has 0 spiro atoms. The zero-order valence-corrected chi connectivity index (χ0v) is 13.2. The lowest BCUT2D eigenvalue weighted by molar-refractivity contribution is -0.138. The SMILES string of the molecule is Cc1ccccc1C1CN(C(=O)Cc2ccc(F)cc2)CCO1. The van der Waals surface area contributed by atoms with Crippen LogP contribution in [0.2, 0.25) is 0 Å². The molecule has 0 bridgehead atoms. The van der Waals surface area contributed by atoms with Crippen molar-refractivity contribution >= 4 is 5.91 Å². The highest BCUT2D eigenvalue weighted by Crippen LogP contribution is 2.25. The van der Waals surface area contributed by atoms with E-state index in [1.54, 1.807) is 12.1 Å². The van der Waals surface area contributed by atoms with Crippen molar-refractivity contribution in [1.29, 1.82) is 0 Å². The Bertz CT molecular complexity index is 684. The van der Waals surface area contributed by atoms with Gasteiger partial charge in [0.25, 0.3) is 0 Å². The molecule has 1 unspecified atom stereocenters. The van der Waals surface area contributed by atoms with Gasteiger partial charge in [0.15, 0.2) is 0 Å². The summed E-state index contributed by atoms with van der Waals surface area (Å²) in [6.07, 6.45) is 0.211. The van der Waals surface area contributed by atoms with E-state index in [4.69, 9.17) is 4.74 Å². The first-order chi connectivity index (χ1) is 11.1. The van der Waals surface area contributed by atoms with Crippen LogP contribution >= 0.6 is 0 Å². The molecule has 4 heteroatoms. The molecule has 2 aromatic rings. The van der Waals surface area contributed by atoms with Crippen LogP contribution in [0.3, 0.4) is 0 Å². The number of carbonyl (C=O) groups excluding carboxylic acids is 1. The van der Waals surface area contributed by atoms with Gasteiger partial charge < -0.3 is 9.64 Å². The van der Waals surface area contributed by atoms with Crippen molar-refractivity contribution in [3.63, 3.8) is 0 Å². The molecule has 1 heterocycles. The van der Waals surface area contributed by atoms with Crippen LogP contribution in [0, 0.1) is 12.7 Å². The minimum atomic E-state index is -0.285. The Labute approximate surface area is 135 Å². The maximum atomic E-state index is 12.9. The van der Waals surface area contributed by atoms with E-state index in [1.807, 2.05) is 23.1 Å². The van der Waals surface area contributed by atoms with E-state index in [-0.39, 0.29) is 17.8 Å². The topological polar surface area (TPSA) is 29.5 Å². The molecule has 1 aliphatic rings. The van der Waals surface area contributed by atoms with Gasteiger partial charge in [-0.15, -0.1) is 0 Å². The molecule has 1 saturated heterocycles. The normalized spacial score (nSPS) is 18.0. The average molecular weight is 313 g/mol. The summed E-state index contributed by atoms with van der Waals surface area (Å²) in [6, 6.07) is 14.2. The largest absolute Gasteiger partial charge is 0.370 e. The summed E-state index contributed by atoms with van der Waals surface area (Å²) >= 11 is 0. The Morgan fingerprint density at radius 2 is 1.96 bits per heavy atom. The number of rotatable bonds is 3. The predicted octanol–water partition coefficient (Wildman–Crippen LogP) is 3.28. The minimum absolute atomic E-state index is 0.0542. The molecule has 0 saturated carbocycles. The summed E-state index contributed by atoms with van der Waals surface area (Å²) in [4.78, 5) is 14.3. The maximum absolute atomic E-state index is 12.9. The van der Waals surface area contributed by atoms with Crippen LogP contribution in [0.15, 0.2) is 48.5 Å². The summed E-state index contributed by atoms with van der Waals surface area (Å²) in [5.74, 6) is -0.231. The third-order valence-electron chi connectivity index (χ3n) is 4.22. The first-order valence-electron chi connectivity index (χ1n) is 7.83.